The highest BCUT2D eigenvalue weighted by atomic mass is 16.6. The molecule has 2 aromatic rings. The Morgan fingerprint density at radius 1 is 1.04 bits per heavy atom. The van der Waals surface area contributed by atoms with Gasteiger partial charge in [-0.25, -0.2) is 0 Å². The number of Topliss-reactive ketones (excluding diaryl/α,β-unsaturated/α-hetero) is 1. The molecule has 1 saturated heterocycles. The lowest BCUT2D eigenvalue weighted by atomic mass is 10.1. The molecule has 0 N–H and O–H groups in total. The molecule has 28 heavy (non-hydrogen) atoms. The summed E-state index contributed by atoms with van der Waals surface area (Å²) in [5.74, 6) is -0.259. The second-order valence-electron chi connectivity index (χ2n) is 6.48. The zero-order valence-corrected chi connectivity index (χ0v) is 15.3. The van der Waals surface area contributed by atoms with Gasteiger partial charge in [-0.1, -0.05) is 0 Å². The van der Waals surface area contributed by atoms with Crippen LogP contribution >= 0.6 is 0 Å². The first-order valence-corrected chi connectivity index (χ1v) is 8.74. The van der Waals surface area contributed by atoms with Gasteiger partial charge in [-0.2, -0.15) is 5.26 Å². The first kappa shape index (κ1) is 19.0. The lowest BCUT2D eigenvalue weighted by Gasteiger charge is -2.36. The third-order valence-electron chi connectivity index (χ3n) is 4.76. The minimum atomic E-state index is -0.505. The van der Waals surface area contributed by atoms with Crippen LogP contribution in [0.1, 0.15) is 33.2 Å². The van der Waals surface area contributed by atoms with E-state index < -0.39 is 4.92 Å². The molecule has 8 heteroatoms. The number of nitriles is 1. The number of nitro groups is 1. The number of nitrogens with zero attached hydrogens (tertiary/aromatic N) is 4. The molecule has 0 spiro atoms. The van der Waals surface area contributed by atoms with Crippen LogP contribution in [0.3, 0.4) is 0 Å². The van der Waals surface area contributed by atoms with E-state index in [2.05, 4.69) is 6.07 Å². The summed E-state index contributed by atoms with van der Waals surface area (Å²) >= 11 is 0. The van der Waals surface area contributed by atoms with E-state index in [1.165, 1.54) is 31.2 Å². The Balaban J connectivity index is 1.71. The molecule has 1 amide bonds. The van der Waals surface area contributed by atoms with Gasteiger partial charge in [0.05, 0.1) is 16.2 Å². The Labute approximate surface area is 161 Å². The van der Waals surface area contributed by atoms with Crippen LogP contribution in [-0.2, 0) is 0 Å². The smallest absolute Gasteiger partial charge is 0.269 e. The highest BCUT2D eigenvalue weighted by molar-refractivity contribution is 5.96. The van der Waals surface area contributed by atoms with Crippen LogP contribution in [0.4, 0.5) is 11.4 Å². The summed E-state index contributed by atoms with van der Waals surface area (Å²) in [4.78, 5) is 38.2. The van der Waals surface area contributed by atoms with Gasteiger partial charge < -0.3 is 9.80 Å². The van der Waals surface area contributed by atoms with Crippen molar-refractivity contribution in [2.45, 2.75) is 6.92 Å². The fraction of sp³-hybridized carbons (Fsp3) is 0.250. The first-order chi connectivity index (χ1) is 13.4. The monoisotopic (exact) mass is 378 g/mol. The molecule has 0 atom stereocenters. The molecule has 0 aromatic heterocycles. The van der Waals surface area contributed by atoms with E-state index in [4.69, 9.17) is 0 Å². The van der Waals surface area contributed by atoms with Gasteiger partial charge >= 0.3 is 0 Å². The zero-order chi connectivity index (χ0) is 20.3. The van der Waals surface area contributed by atoms with Crippen molar-refractivity contribution in [2.75, 3.05) is 31.1 Å². The van der Waals surface area contributed by atoms with Crippen molar-refractivity contribution in [3.63, 3.8) is 0 Å². The number of piperazine rings is 1. The van der Waals surface area contributed by atoms with Crippen molar-refractivity contribution in [3.05, 3.63) is 69.3 Å². The number of carbonyl (C=O) groups is 2. The number of ketones is 1. The number of anilines is 1. The van der Waals surface area contributed by atoms with E-state index >= 15 is 0 Å². The summed E-state index contributed by atoms with van der Waals surface area (Å²) in [6.45, 7) is 3.42. The third kappa shape index (κ3) is 3.83. The largest absolute Gasteiger partial charge is 0.367 e. The molecule has 0 radical (unpaired) electrons. The molecule has 1 heterocycles. The van der Waals surface area contributed by atoms with E-state index in [0.29, 0.717) is 48.6 Å². The number of carbonyl (C=O) groups excluding carboxylic acids is 2. The molecular formula is C20H18N4O4. The average Bonchev–Trinajstić information content (AvgIpc) is 2.72. The van der Waals surface area contributed by atoms with Gasteiger partial charge in [0.25, 0.3) is 11.6 Å². The van der Waals surface area contributed by atoms with Gasteiger partial charge in [-0.05, 0) is 37.3 Å². The highest BCUT2D eigenvalue weighted by Gasteiger charge is 2.24. The molecular weight excluding hydrogens is 360 g/mol. The summed E-state index contributed by atoms with van der Waals surface area (Å²) in [7, 11) is 0. The quantitative estimate of drug-likeness (QED) is 0.460. The molecule has 0 aliphatic carbocycles. The van der Waals surface area contributed by atoms with Crippen LogP contribution in [0.25, 0.3) is 0 Å². The minimum absolute atomic E-state index is 0.0595. The van der Waals surface area contributed by atoms with E-state index in [0.717, 1.165) is 0 Å². The Morgan fingerprint density at radius 2 is 1.64 bits per heavy atom. The van der Waals surface area contributed by atoms with Crippen LogP contribution in [0.15, 0.2) is 42.5 Å². The highest BCUT2D eigenvalue weighted by Crippen LogP contribution is 2.24. The molecule has 142 valence electrons. The van der Waals surface area contributed by atoms with E-state index in [9.17, 15) is 25.0 Å². The van der Waals surface area contributed by atoms with Crippen molar-refractivity contribution in [1.82, 2.24) is 4.90 Å². The lowest BCUT2D eigenvalue weighted by molar-refractivity contribution is -0.384. The molecule has 0 bridgehead atoms. The van der Waals surface area contributed by atoms with E-state index in [-0.39, 0.29) is 17.4 Å². The molecule has 2 aromatic carbocycles. The number of hydrogen-bond donors (Lipinski definition) is 0. The van der Waals surface area contributed by atoms with Gasteiger partial charge in [-0.15, -0.1) is 0 Å². The lowest BCUT2D eigenvalue weighted by Crippen LogP contribution is -2.49. The van der Waals surface area contributed by atoms with Crippen LogP contribution in [0, 0.1) is 21.4 Å². The summed E-state index contributed by atoms with van der Waals surface area (Å²) in [6, 6.07) is 12.7. The molecule has 1 aliphatic rings. The Kier molecular flexibility index (Phi) is 5.36. The molecule has 3 rings (SSSR count). The number of rotatable bonds is 4. The Bertz CT molecular complexity index is 971. The zero-order valence-electron chi connectivity index (χ0n) is 15.3. The predicted octanol–water partition coefficient (Wildman–Crippen LogP) is 2.63. The summed E-state index contributed by atoms with van der Waals surface area (Å²) < 4.78 is 0. The molecule has 0 saturated carbocycles. The van der Waals surface area contributed by atoms with Crippen molar-refractivity contribution in [2.24, 2.45) is 0 Å². The topological polar surface area (TPSA) is 108 Å². The van der Waals surface area contributed by atoms with Gasteiger partial charge in [0.2, 0.25) is 0 Å². The second kappa shape index (κ2) is 7.88. The maximum absolute atomic E-state index is 12.6. The molecule has 1 fully saturated rings. The van der Waals surface area contributed by atoms with Gasteiger partial charge in [0.1, 0.15) is 6.07 Å². The van der Waals surface area contributed by atoms with Crippen molar-refractivity contribution >= 4 is 23.1 Å². The maximum atomic E-state index is 12.6. The summed E-state index contributed by atoms with van der Waals surface area (Å²) in [5, 5.41) is 20.1. The van der Waals surface area contributed by atoms with Crippen molar-refractivity contribution < 1.29 is 14.5 Å². The van der Waals surface area contributed by atoms with Crippen LogP contribution < -0.4 is 4.90 Å². The van der Waals surface area contributed by atoms with Crippen LogP contribution in [-0.4, -0.2) is 47.7 Å². The molecule has 1 aliphatic heterocycles. The Hall–Kier alpha value is -3.73. The normalized spacial score (nSPS) is 13.7. The maximum Gasteiger partial charge on any atom is 0.269 e. The van der Waals surface area contributed by atoms with Crippen LogP contribution in [0.2, 0.25) is 0 Å². The fourth-order valence-corrected chi connectivity index (χ4v) is 3.17. The SMILES string of the molecule is CC(=O)c1ccc(C#N)c(N2CCN(C(=O)c3ccc([N+](=O)[O-])cc3)CC2)c1. The van der Waals surface area contributed by atoms with Crippen molar-refractivity contribution in [3.8, 4) is 6.07 Å². The predicted molar refractivity (Wildman–Crippen MR) is 102 cm³/mol. The van der Waals surface area contributed by atoms with Gasteiger partial charge in [-0.3, -0.25) is 19.7 Å². The van der Waals surface area contributed by atoms with Crippen LogP contribution in [0.5, 0.6) is 0 Å². The molecule has 0 unspecified atom stereocenters. The minimum Gasteiger partial charge on any atom is -0.367 e. The van der Waals surface area contributed by atoms with E-state index in [1.54, 1.807) is 23.1 Å². The number of nitro benzene ring substituents is 1. The van der Waals surface area contributed by atoms with Crippen molar-refractivity contribution in [1.29, 1.82) is 5.26 Å². The standard InChI is InChI=1S/C20H18N4O4/c1-14(25)16-2-3-17(13-21)19(12-16)22-8-10-23(11-9-22)20(26)15-4-6-18(7-5-15)24(27)28/h2-7,12H,8-11H2,1H3. The van der Waals surface area contributed by atoms with Gasteiger partial charge in [0.15, 0.2) is 5.78 Å². The molecule has 8 nitrogen and oxygen atoms in total. The van der Waals surface area contributed by atoms with Gasteiger partial charge in [0, 0.05) is 49.4 Å². The summed E-state index contributed by atoms with van der Waals surface area (Å²) in [5.41, 5.74) is 2.06. The number of benzene rings is 2. The number of hydrogen-bond acceptors (Lipinski definition) is 6. The second-order valence-corrected chi connectivity index (χ2v) is 6.48. The fourth-order valence-electron chi connectivity index (χ4n) is 3.17. The summed E-state index contributed by atoms with van der Waals surface area (Å²) in [6.07, 6.45) is 0. The third-order valence-corrected chi connectivity index (χ3v) is 4.76. The Morgan fingerprint density at radius 3 is 2.18 bits per heavy atom. The number of non-ortho nitro benzene ring substituents is 1. The average molecular weight is 378 g/mol. The first-order valence-electron chi connectivity index (χ1n) is 8.74. The number of amides is 1. The van der Waals surface area contributed by atoms with E-state index in [1.807, 2.05) is 4.90 Å².